The molecule has 0 radical (unpaired) electrons. The fraction of sp³-hybridized carbons (Fsp3) is 0.385. The fourth-order valence-electron chi connectivity index (χ4n) is 1.70. The molecule has 20 heavy (non-hydrogen) atoms. The van der Waals surface area contributed by atoms with E-state index < -0.39 is 12.0 Å². The van der Waals surface area contributed by atoms with E-state index in [9.17, 15) is 14.7 Å². The molecular weight excluding hydrogens is 451 g/mol. The molecule has 0 aromatic heterocycles. The van der Waals surface area contributed by atoms with Gasteiger partial charge in [0.25, 0.3) is 0 Å². The molecule has 0 aliphatic carbocycles. The van der Waals surface area contributed by atoms with Crippen LogP contribution in [0.4, 0.5) is 4.79 Å². The number of nitrogens with zero attached hydrogens (tertiary/aromatic N) is 1. The molecule has 0 saturated heterocycles. The monoisotopic (exact) mass is 468 g/mol. The van der Waals surface area contributed by atoms with Crippen molar-refractivity contribution in [3.63, 3.8) is 0 Å². The average Bonchev–Trinajstić information content (AvgIpc) is 2.47. The van der Waals surface area contributed by atoms with Gasteiger partial charge in [0.1, 0.15) is 0 Å². The molecule has 0 aliphatic rings. The van der Waals surface area contributed by atoms with Gasteiger partial charge in [-0.05, 0) is 0 Å². The molecule has 0 heterocycles. The van der Waals surface area contributed by atoms with Crippen LogP contribution < -0.4 is 4.74 Å². The summed E-state index contributed by atoms with van der Waals surface area (Å²) in [6.45, 7) is 0.0339. The van der Waals surface area contributed by atoms with Gasteiger partial charge in [-0.2, -0.15) is 0 Å². The Kier molecular flexibility index (Phi) is 6.94. The SMILES string of the molecule is COc1ccccc1C(=O)N(CC([CH2][Hg])OC)C(=O)O. The summed E-state index contributed by atoms with van der Waals surface area (Å²) in [6, 6.07) is 6.55. The molecule has 0 fully saturated rings. The van der Waals surface area contributed by atoms with Crippen molar-refractivity contribution in [1.29, 1.82) is 0 Å². The molecule has 0 aliphatic heterocycles. The standard InChI is InChI=1S/C13H16NO5.Hg/c1-9(18-2)8-14(13(16)17)12(15)10-6-4-5-7-11(10)19-3;/h4-7,9H,1,8H2,2-3H3,(H,16,17);. The fourth-order valence-corrected chi connectivity index (χ4v) is 3.33. The van der Waals surface area contributed by atoms with Crippen LogP contribution in [0, 0.1) is 0 Å². The Balaban J connectivity index is 3.02. The molecule has 1 rings (SSSR count). The number of methoxy groups -OCH3 is 2. The second-order valence-electron chi connectivity index (χ2n) is 4.05. The summed E-state index contributed by atoms with van der Waals surface area (Å²) in [5.74, 6) is -0.244. The van der Waals surface area contributed by atoms with Gasteiger partial charge in [-0.1, -0.05) is 0 Å². The van der Waals surface area contributed by atoms with Gasteiger partial charge >= 0.3 is 134 Å². The maximum atomic E-state index is 12.4. The van der Waals surface area contributed by atoms with Crippen LogP contribution in [-0.4, -0.2) is 48.9 Å². The summed E-state index contributed by atoms with van der Waals surface area (Å²) in [6.07, 6.45) is -1.53. The van der Waals surface area contributed by atoms with E-state index in [2.05, 4.69) is 0 Å². The van der Waals surface area contributed by atoms with Gasteiger partial charge in [-0.25, -0.2) is 0 Å². The van der Waals surface area contributed by atoms with Gasteiger partial charge < -0.3 is 0 Å². The van der Waals surface area contributed by atoms with E-state index in [-0.39, 0.29) is 18.2 Å². The number of imide groups is 1. The van der Waals surface area contributed by atoms with Gasteiger partial charge in [0.15, 0.2) is 0 Å². The molecular formula is C13H16HgNO5. The van der Waals surface area contributed by atoms with Crippen molar-refractivity contribution in [1.82, 2.24) is 4.90 Å². The van der Waals surface area contributed by atoms with Crippen molar-refractivity contribution in [3.05, 3.63) is 29.8 Å². The molecule has 1 N–H and O–H groups in total. The molecule has 0 spiro atoms. The minimum atomic E-state index is -1.29. The average molecular weight is 467 g/mol. The number of carboxylic acid groups (broad SMARTS) is 1. The number of hydrogen-bond acceptors (Lipinski definition) is 4. The Labute approximate surface area is 133 Å². The molecule has 1 aromatic rings. The number of benzene rings is 1. The van der Waals surface area contributed by atoms with E-state index >= 15 is 0 Å². The minimum absolute atomic E-state index is 0.0339. The van der Waals surface area contributed by atoms with E-state index in [1.165, 1.54) is 14.2 Å². The molecule has 1 aromatic carbocycles. The van der Waals surface area contributed by atoms with Crippen LogP contribution in [0.3, 0.4) is 0 Å². The third-order valence-electron chi connectivity index (χ3n) is 2.85. The summed E-state index contributed by atoms with van der Waals surface area (Å²) >= 11 is 0.469. The molecule has 1 unspecified atom stereocenters. The van der Waals surface area contributed by atoms with Crippen molar-refractivity contribution in [2.75, 3.05) is 20.8 Å². The van der Waals surface area contributed by atoms with Crippen molar-refractivity contribution in [3.8, 4) is 5.75 Å². The van der Waals surface area contributed by atoms with Crippen LogP contribution in [-0.2, 0) is 30.9 Å². The Morgan fingerprint density at radius 1 is 1.35 bits per heavy atom. The predicted octanol–water partition coefficient (Wildman–Crippen LogP) is 1.80. The van der Waals surface area contributed by atoms with Gasteiger partial charge in [0, 0.05) is 0 Å². The van der Waals surface area contributed by atoms with E-state index in [0.29, 0.717) is 31.9 Å². The van der Waals surface area contributed by atoms with Crippen molar-refractivity contribution in [2.45, 2.75) is 10.0 Å². The van der Waals surface area contributed by atoms with E-state index in [1.807, 2.05) is 0 Å². The summed E-state index contributed by atoms with van der Waals surface area (Å²) in [5, 5.41) is 9.23. The molecule has 1 atom stereocenters. The second-order valence-corrected chi connectivity index (χ2v) is 6.29. The maximum absolute atomic E-state index is 12.4. The van der Waals surface area contributed by atoms with Crippen molar-refractivity contribution < 1.29 is 50.3 Å². The Morgan fingerprint density at radius 2 is 2.00 bits per heavy atom. The van der Waals surface area contributed by atoms with Crippen LogP contribution in [0.25, 0.3) is 0 Å². The molecule has 0 saturated carbocycles. The van der Waals surface area contributed by atoms with Crippen LogP contribution in [0.2, 0.25) is 3.93 Å². The Morgan fingerprint density at radius 3 is 2.50 bits per heavy atom. The molecule has 2 amide bonds. The molecule has 105 valence electrons. The Bertz CT molecular complexity index is 476. The zero-order chi connectivity index (χ0) is 15.1. The number of amides is 2. The zero-order valence-electron chi connectivity index (χ0n) is 11.5. The summed E-state index contributed by atoms with van der Waals surface area (Å²) < 4.78 is 11.1. The number of rotatable bonds is 6. The normalized spacial score (nSPS) is 11.8. The molecule has 0 bridgehead atoms. The number of carbonyl (C=O) groups is 2. The van der Waals surface area contributed by atoms with Gasteiger partial charge in [-0.15, -0.1) is 0 Å². The number of ether oxygens (including phenoxy) is 2. The molecule has 7 heteroatoms. The topological polar surface area (TPSA) is 76.1 Å². The first-order valence-corrected chi connectivity index (χ1v) is 9.93. The van der Waals surface area contributed by atoms with Crippen LogP contribution >= 0.6 is 0 Å². The first-order chi connectivity index (χ1) is 9.54. The number of para-hydroxylation sites is 1. The summed E-state index contributed by atoms with van der Waals surface area (Å²) in [4.78, 5) is 24.4. The van der Waals surface area contributed by atoms with E-state index in [4.69, 9.17) is 9.47 Å². The molecule has 6 nitrogen and oxygen atoms in total. The van der Waals surface area contributed by atoms with Crippen molar-refractivity contribution in [2.24, 2.45) is 0 Å². The van der Waals surface area contributed by atoms with Crippen LogP contribution in [0.15, 0.2) is 24.3 Å². The first-order valence-electron chi connectivity index (χ1n) is 6.05. The predicted molar refractivity (Wildman–Crippen MR) is 67.7 cm³/mol. The van der Waals surface area contributed by atoms with E-state index in [0.717, 1.165) is 8.83 Å². The second kappa shape index (κ2) is 8.21. The van der Waals surface area contributed by atoms with Crippen molar-refractivity contribution >= 4 is 12.0 Å². The van der Waals surface area contributed by atoms with Gasteiger partial charge in [-0.3, -0.25) is 0 Å². The number of hydrogen-bond donors (Lipinski definition) is 1. The third-order valence-corrected chi connectivity index (χ3v) is 5.36. The quantitative estimate of drug-likeness (QED) is 0.647. The Hall–Kier alpha value is -1.14. The van der Waals surface area contributed by atoms with E-state index in [1.54, 1.807) is 24.3 Å². The van der Waals surface area contributed by atoms with Crippen LogP contribution in [0.5, 0.6) is 5.75 Å². The van der Waals surface area contributed by atoms with Gasteiger partial charge in [0.05, 0.1) is 0 Å². The number of carbonyl (C=O) groups excluding carboxylic acids is 1. The summed E-state index contributed by atoms with van der Waals surface area (Å²) in [5.41, 5.74) is 0.227. The zero-order valence-corrected chi connectivity index (χ0v) is 17.0. The third kappa shape index (κ3) is 4.18. The van der Waals surface area contributed by atoms with Crippen LogP contribution in [0.1, 0.15) is 10.4 Å². The first kappa shape index (κ1) is 16.9. The van der Waals surface area contributed by atoms with Gasteiger partial charge in [0.2, 0.25) is 0 Å². The summed E-state index contributed by atoms with van der Waals surface area (Å²) in [7, 11) is 2.96.